The van der Waals surface area contributed by atoms with E-state index in [1.165, 1.54) is 11.8 Å². The molecular weight excluding hydrogens is 274 g/mol. The third kappa shape index (κ3) is 2.10. The van der Waals surface area contributed by atoms with Crippen molar-refractivity contribution in [3.63, 3.8) is 0 Å². The number of aromatic nitrogens is 1. The summed E-state index contributed by atoms with van der Waals surface area (Å²) in [4.78, 5) is 22.6. The van der Waals surface area contributed by atoms with Gasteiger partial charge in [-0.15, -0.1) is 6.58 Å². The van der Waals surface area contributed by atoms with Crippen LogP contribution in [0.3, 0.4) is 0 Å². The van der Waals surface area contributed by atoms with E-state index in [-0.39, 0.29) is 5.91 Å². The molecule has 104 valence electrons. The molecule has 3 rings (SSSR count). The lowest BCUT2D eigenvalue weighted by atomic mass is 10.1. The van der Waals surface area contributed by atoms with Crippen LogP contribution in [0.1, 0.15) is 13.3 Å². The zero-order chi connectivity index (χ0) is 14.2. The smallest absolute Gasteiger partial charge is 0.264 e. The van der Waals surface area contributed by atoms with Crippen LogP contribution in [0, 0.1) is 0 Å². The molecule has 0 spiro atoms. The summed E-state index contributed by atoms with van der Waals surface area (Å²) in [5.74, 6) is 1.34. The maximum absolute atomic E-state index is 12.1. The summed E-state index contributed by atoms with van der Waals surface area (Å²) < 4.78 is 5.02. The zero-order valence-electron chi connectivity index (χ0n) is 11.2. The topological polar surface area (TPSA) is 54.8 Å². The van der Waals surface area contributed by atoms with Crippen molar-refractivity contribution in [2.45, 2.75) is 18.1 Å². The number of aliphatic imine (C=N–C) groups is 1. The Balaban J connectivity index is 1.91. The quantitative estimate of drug-likeness (QED) is 0.782. The minimum absolute atomic E-state index is 0.110. The van der Waals surface area contributed by atoms with Gasteiger partial charge in [-0.2, -0.15) is 4.99 Å². The van der Waals surface area contributed by atoms with Crippen molar-refractivity contribution in [1.82, 2.24) is 4.98 Å². The van der Waals surface area contributed by atoms with Crippen LogP contribution in [-0.2, 0) is 4.79 Å². The number of nitrogens with zero attached hydrogens (tertiary/aromatic N) is 3. The largest absolute Gasteiger partial charge is 0.488 e. The molecule has 0 N–H and O–H groups in total. The van der Waals surface area contributed by atoms with Gasteiger partial charge in [-0.1, -0.05) is 17.8 Å². The second kappa shape index (κ2) is 4.94. The number of thioether (sulfide) groups is 1. The van der Waals surface area contributed by atoms with Crippen LogP contribution in [0.4, 0.5) is 5.82 Å². The lowest BCUT2D eigenvalue weighted by Gasteiger charge is -2.29. The first kappa shape index (κ1) is 13.2. The molecule has 0 saturated carbocycles. The van der Waals surface area contributed by atoms with E-state index in [1.807, 2.05) is 24.0 Å². The van der Waals surface area contributed by atoms with E-state index in [1.54, 1.807) is 12.3 Å². The van der Waals surface area contributed by atoms with Gasteiger partial charge in [0.25, 0.3) is 5.91 Å². The number of fused-ring (bicyclic) bond motifs is 1. The highest BCUT2D eigenvalue weighted by molar-refractivity contribution is 8.16. The second-order valence-electron chi connectivity index (χ2n) is 4.85. The SMILES string of the molecule is C=CCC1(C)SC(N2CCOc3cccnc32)=NC1=O. The number of carbonyl (C=O) groups is 1. The number of allylic oxidation sites excluding steroid dienone is 1. The first-order chi connectivity index (χ1) is 9.64. The van der Waals surface area contributed by atoms with Gasteiger partial charge >= 0.3 is 0 Å². The first-order valence-electron chi connectivity index (χ1n) is 6.42. The Bertz CT molecular complexity index is 602. The normalized spacial score (nSPS) is 24.9. The lowest BCUT2D eigenvalue weighted by Crippen LogP contribution is -2.37. The Morgan fingerprint density at radius 2 is 2.50 bits per heavy atom. The highest BCUT2D eigenvalue weighted by atomic mass is 32.2. The summed E-state index contributed by atoms with van der Waals surface area (Å²) in [6.45, 7) is 6.82. The molecule has 1 unspecified atom stereocenters. The summed E-state index contributed by atoms with van der Waals surface area (Å²) in [7, 11) is 0. The Kier molecular flexibility index (Phi) is 3.25. The lowest BCUT2D eigenvalue weighted by molar-refractivity contribution is -0.119. The van der Waals surface area contributed by atoms with Crippen LogP contribution in [0.15, 0.2) is 36.0 Å². The highest BCUT2D eigenvalue weighted by Gasteiger charge is 2.42. The van der Waals surface area contributed by atoms with Crippen LogP contribution in [-0.4, -0.2) is 34.0 Å². The molecule has 1 aromatic rings. The average Bonchev–Trinajstić information content (AvgIpc) is 2.74. The molecule has 6 heteroatoms. The van der Waals surface area contributed by atoms with Crippen LogP contribution in [0.5, 0.6) is 5.75 Å². The van der Waals surface area contributed by atoms with Gasteiger partial charge in [-0.3, -0.25) is 9.69 Å². The standard InChI is InChI=1S/C14H15N3O2S/c1-3-6-14(2)12(18)16-13(20-14)17-8-9-19-10-5-4-7-15-11(10)17/h3-5,7H,1,6,8-9H2,2H3. The predicted octanol–water partition coefficient (Wildman–Crippen LogP) is 2.24. The minimum Gasteiger partial charge on any atom is -0.488 e. The van der Waals surface area contributed by atoms with Crippen LogP contribution >= 0.6 is 11.8 Å². The molecule has 0 radical (unpaired) electrons. The maximum atomic E-state index is 12.1. The van der Waals surface area contributed by atoms with E-state index in [0.29, 0.717) is 24.7 Å². The van der Waals surface area contributed by atoms with Crippen molar-refractivity contribution < 1.29 is 9.53 Å². The van der Waals surface area contributed by atoms with Crippen molar-refractivity contribution >= 4 is 28.7 Å². The van der Waals surface area contributed by atoms with Gasteiger partial charge in [-0.05, 0) is 25.5 Å². The number of rotatable bonds is 2. The first-order valence-corrected chi connectivity index (χ1v) is 7.24. The third-order valence-corrected chi connectivity index (χ3v) is 4.60. The van der Waals surface area contributed by atoms with E-state index >= 15 is 0 Å². The summed E-state index contributed by atoms with van der Waals surface area (Å²) in [6, 6.07) is 3.71. The summed E-state index contributed by atoms with van der Waals surface area (Å²) in [5.41, 5.74) is 0. The van der Waals surface area contributed by atoms with E-state index in [9.17, 15) is 4.79 Å². The van der Waals surface area contributed by atoms with Crippen LogP contribution < -0.4 is 9.64 Å². The number of amidine groups is 1. The van der Waals surface area contributed by atoms with E-state index in [4.69, 9.17) is 4.74 Å². The molecule has 2 aliphatic heterocycles. The molecule has 5 nitrogen and oxygen atoms in total. The van der Waals surface area contributed by atoms with Crippen molar-refractivity contribution in [1.29, 1.82) is 0 Å². The third-order valence-electron chi connectivity index (χ3n) is 3.31. The van der Waals surface area contributed by atoms with E-state index < -0.39 is 4.75 Å². The molecule has 2 aliphatic rings. The van der Waals surface area contributed by atoms with Gasteiger partial charge in [0.2, 0.25) is 0 Å². The molecule has 1 atom stereocenters. The summed E-state index contributed by atoms with van der Waals surface area (Å²) in [5, 5.41) is 0.697. The summed E-state index contributed by atoms with van der Waals surface area (Å²) in [6.07, 6.45) is 4.07. The number of pyridine rings is 1. The highest BCUT2D eigenvalue weighted by Crippen LogP contribution is 2.41. The van der Waals surface area contributed by atoms with Crippen LogP contribution in [0.25, 0.3) is 0 Å². The molecule has 0 fully saturated rings. The Morgan fingerprint density at radius 3 is 3.30 bits per heavy atom. The molecule has 0 aliphatic carbocycles. The van der Waals surface area contributed by atoms with E-state index in [0.717, 1.165) is 11.6 Å². The molecule has 1 amide bonds. The Hall–Kier alpha value is -1.82. The van der Waals surface area contributed by atoms with E-state index in [2.05, 4.69) is 16.6 Å². The fourth-order valence-electron chi connectivity index (χ4n) is 2.23. The summed E-state index contributed by atoms with van der Waals surface area (Å²) >= 11 is 1.48. The molecular formula is C14H15N3O2S. The van der Waals surface area contributed by atoms with Gasteiger partial charge in [-0.25, -0.2) is 4.98 Å². The predicted molar refractivity (Wildman–Crippen MR) is 80.3 cm³/mol. The molecule has 20 heavy (non-hydrogen) atoms. The van der Waals surface area contributed by atoms with Crippen molar-refractivity contribution in [2.75, 3.05) is 18.1 Å². The zero-order valence-corrected chi connectivity index (χ0v) is 12.0. The molecule has 0 saturated heterocycles. The van der Waals surface area contributed by atoms with Crippen LogP contribution in [0.2, 0.25) is 0 Å². The molecule has 0 bridgehead atoms. The monoisotopic (exact) mass is 289 g/mol. The Labute approximate surface area is 121 Å². The molecule has 1 aromatic heterocycles. The van der Waals surface area contributed by atoms with Gasteiger partial charge in [0, 0.05) is 6.20 Å². The maximum Gasteiger partial charge on any atom is 0.264 e. The fourth-order valence-corrected chi connectivity index (χ4v) is 3.38. The minimum atomic E-state index is -0.551. The average molecular weight is 289 g/mol. The van der Waals surface area contributed by atoms with Crippen molar-refractivity contribution in [3.05, 3.63) is 31.0 Å². The fraction of sp³-hybridized carbons (Fsp3) is 0.357. The van der Waals surface area contributed by atoms with Gasteiger partial charge in [0.15, 0.2) is 16.7 Å². The number of ether oxygens (including phenoxy) is 1. The number of amides is 1. The van der Waals surface area contributed by atoms with Gasteiger partial charge in [0.1, 0.15) is 11.4 Å². The molecule has 3 heterocycles. The molecule has 0 aromatic carbocycles. The van der Waals surface area contributed by atoms with Crippen molar-refractivity contribution in [2.24, 2.45) is 4.99 Å². The number of anilines is 1. The number of carbonyl (C=O) groups excluding carboxylic acids is 1. The second-order valence-corrected chi connectivity index (χ2v) is 6.32. The number of hydrogen-bond donors (Lipinski definition) is 0. The van der Waals surface area contributed by atoms with Gasteiger partial charge < -0.3 is 4.74 Å². The van der Waals surface area contributed by atoms with Crippen molar-refractivity contribution in [3.8, 4) is 5.75 Å². The Morgan fingerprint density at radius 1 is 1.65 bits per heavy atom. The van der Waals surface area contributed by atoms with Gasteiger partial charge in [0.05, 0.1) is 6.54 Å². The number of hydrogen-bond acceptors (Lipinski definition) is 5.